The molecule has 2 fully saturated rings. The van der Waals surface area contributed by atoms with Crippen LogP contribution in [0, 0.1) is 5.41 Å². The van der Waals surface area contributed by atoms with Gasteiger partial charge in [-0.3, -0.25) is 0 Å². The van der Waals surface area contributed by atoms with Gasteiger partial charge >= 0.3 is 0 Å². The van der Waals surface area contributed by atoms with E-state index >= 15 is 0 Å². The van der Waals surface area contributed by atoms with Crippen LogP contribution in [0.2, 0.25) is 0 Å². The number of ether oxygens (including phenoxy) is 2. The van der Waals surface area contributed by atoms with Crippen molar-refractivity contribution in [3.8, 4) is 0 Å². The molecule has 0 unspecified atom stereocenters. The number of benzene rings is 1. The molecule has 0 amide bonds. The molecule has 1 aromatic carbocycles. The number of nitrogens with two attached hydrogens (primary N) is 1. The molecule has 2 heterocycles. The summed E-state index contributed by atoms with van der Waals surface area (Å²) < 4.78 is 11.0. The molecule has 2 N–H and O–H groups in total. The van der Waals surface area contributed by atoms with Gasteiger partial charge in [0.25, 0.3) is 0 Å². The van der Waals surface area contributed by atoms with E-state index in [1.54, 1.807) is 0 Å². The Morgan fingerprint density at radius 1 is 1.06 bits per heavy atom. The van der Waals surface area contributed by atoms with Crippen LogP contribution >= 0.6 is 0 Å². The lowest BCUT2D eigenvalue weighted by Gasteiger charge is -2.59. The van der Waals surface area contributed by atoms with Crippen LogP contribution in [-0.4, -0.2) is 33.0 Å². The summed E-state index contributed by atoms with van der Waals surface area (Å²) in [4.78, 5) is 0. The van der Waals surface area contributed by atoms with Gasteiger partial charge in [0, 0.05) is 12.0 Å². The van der Waals surface area contributed by atoms with Crippen molar-refractivity contribution < 1.29 is 9.47 Å². The maximum atomic E-state index is 6.02. The highest BCUT2D eigenvalue weighted by molar-refractivity contribution is 5.35. The predicted octanol–water partition coefficient (Wildman–Crippen LogP) is 1.49. The SMILES string of the molecule is CCc1ccc(C2(C3(CN)COC3)COC2)cc1. The molecule has 0 spiro atoms. The molecule has 98 valence electrons. The zero-order valence-electron chi connectivity index (χ0n) is 10.9. The Labute approximate surface area is 108 Å². The van der Waals surface area contributed by atoms with Crippen molar-refractivity contribution in [3.05, 3.63) is 35.4 Å². The number of hydrogen-bond donors (Lipinski definition) is 1. The molecule has 2 aliphatic rings. The molecule has 3 nitrogen and oxygen atoms in total. The van der Waals surface area contributed by atoms with Crippen molar-refractivity contribution in [2.24, 2.45) is 11.1 Å². The van der Waals surface area contributed by atoms with E-state index in [1.165, 1.54) is 11.1 Å². The molecular weight excluding hydrogens is 226 g/mol. The first-order valence-electron chi connectivity index (χ1n) is 6.71. The van der Waals surface area contributed by atoms with Crippen LogP contribution in [0.15, 0.2) is 24.3 Å². The molecule has 18 heavy (non-hydrogen) atoms. The summed E-state index contributed by atoms with van der Waals surface area (Å²) in [6.45, 7) is 5.94. The Kier molecular flexibility index (Phi) is 2.93. The van der Waals surface area contributed by atoms with Gasteiger partial charge < -0.3 is 15.2 Å². The summed E-state index contributed by atoms with van der Waals surface area (Å²) in [5.41, 5.74) is 8.92. The molecule has 0 atom stereocenters. The number of rotatable bonds is 4. The van der Waals surface area contributed by atoms with Gasteiger partial charge in [-0.05, 0) is 17.5 Å². The molecule has 3 rings (SSSR count). The minimum atomic E-state index is 0.0757. The predicted molar refractivity (Wildman–Crippen MR) is 70.6 cm³/mol. The fourth-order valence-corrected chi connectivity index (χ4v) is 3.08. The Bertz CT molecular complexity index is 413. The lowest BCUT2D eigenvalue weighted by molar-refractivity contribution is -0.223. The lowest BCUT2D eigenvalue weighted by atomic mass is 9.57. The molecule has 0 aliphatic carbocycles. The average Bonchev–Trinajstić information content (AvgIpc) is 2.31. The van der Waals surface area contributed by atoms with Crippen molar-refractivity contribution >= 4 is 0 Å². The molecule has 0 bridgehead atoms. The highest BCUT2D eigenvalue weighted by Gasteiger charge is 2.60. The topological polar surface area (TPSA) is 44.5 Å². The third-order valence-corrected chi connectivity index (χ3v) is 4.77. The average molecular weight is 247 g/mol. The second kappa shape index (κ2) is 4.34. The summed E-state index contributed by atoms with van der Waals surface area (Å²) in [6.07, 6.45) is 1.08. The molecular formula is C15H21NO2. The highest BCUT2D eigenvalue weighted by atomic mass is 16.5. The van der Waals surface area contributed by atoms with Gasteiger partial charge in [0.05, 0.1) is 31.8 Å². The smallest absolute Gasteiger partial charge is 0.0593 e. The largest absolute Gasteiger partial charge is 0.380 e. The number of hydrogen-bond acceptors (Lipinski definition) is 3. The molecule has 3 heteroatoms. The Morgan fingerprint density at radius 3 is 2.00 bits per heavy atom. The fraction of sp³-hybridized carbons (Fsp3) is 0.600. The quantitative estimate of drug-likeness (QED) is 0.876. The van der Waals surface area contributed by atoms with Crippen molar-refractivity contribution in [2.45, 2.75) is 18.8 Å². The second-order valence-corrected chi connectivity index (χ2v) is 5.60. The van der Waals surface area contributed by atoms with Gasteiger partial charge in [-0.1, -0.05) is 31.2 Å². The summed E-state index contributed by atoms with van der Waals surface area (Å²) in [7, 11) is 0. The van der Waals surface area contributed by atoms with Crippen LogP contribution in [0.4, 0.5) is 0 Å². The van der Waals surface area contributed by atoms with Crippen molar-refractivity contribution in [1.82, 2.24) is 0 Å². The van der Waals surface area contributed by atoms with E-state index in [2.05, 4.69) is 31.2 Å². The standard InChI is InChI=1S/C15H21NO2/c1-2-12-3-5-13(6-4-12)15(10-18-11-15)14(7-16)8-17-9-14/h3-6H,2,7-11,16H2,1H3. The third kappa shape index (κ3) is 1.48. The first-order chi connectivity index (χ1) is 8.76. The molecule has 0 saturated carbocycles. The van der Waals surface area contributed by atoms with Crippen LogP contribution in [0.1, 0.15) is 18.1 Å². The Morgan fingerprint density at radius 2 is 1.67 bits per heavy atom. The second-order valence-electron chi connectivity index (χ2n) is 5.60. The van der Waals surface area contributed by atoms with Crippen LogP contribution in [0.3, 0.4) is 0 Å². The lowest BCUT2D eigenvalue weighted by Crippen LogP contribution is -2.69. The molecule has 0 aromatic heterocycles. The summed E-state index contributed by atoms with van der Waals surface area (Å²) in [5.74, 6) is 0. The maximum Gasteiger partial charge on any atom is 0.0593 e. The van der Waals surface area contributed by atoms with E-state index in [0.717, 1.165) is 32.8 Å². The van der Waals surface area contributed by atoms with Crippen LogP contribution in [0.5, 0.6) is 0 Å². The van der Waals surface area contributed by atoms with E-state index in [0.29, 0.717) is 6.54 Å². The molecule has 1 aromatic rings. The van der Waals surface area contributed by atoms with Gasteiger partial charge in [0.2, 0.25) is 0 Å². The first kappa shape index (κ1) is 12.2. The van der Waals surface area contributed by atoms with Crippen molar-refractivity contribution in [2.75, 3.05) is 33.0 Å². The maximum absolute atomic E-state index is 6.02. The van der Waals surface area contributed by atoms with Gasteiger partial charge in [-0.2, -0.15) is 0 Å². The van der Waals surface area contributed by atoms with E-state index in [-0.39, 0.29) is 10.8 Å². The molecule has 2 aliphatic heterocycles. The first-order valence-corrected chi connectivity index (χ1v) is 6.71. The van der Waals surface area contributed by atoms with E-state index in [9.17, 15) is 0 Å². The fourth-order valence-electron chi connectivity index (χ4n) is 3.08. The van der Waals surface area contributed by atoms with E-state index < -0.39 is 0 Å². The Hall–Kier alpha value is -0.900. The zero-order valence-corrected chi connectivity index (χ0v) is 10.9. The third-order valence-electron chi connectivity index (χ3n) is 4.77. The highest BCUT2D eigenvalue weighted by Crippen LogP contribution is 2.51. The van der Waals surface area contributed by atoms with E-state index in [1.807, 2.05) is 0 Å². The van der Waals surface area contributed by atoms with Crippen molar-refractivity contribution in [3.63, 3.8) is 0 Å². The van der Waals surface area contributed by atoms with Crippen LogP contribution < -0.4 is 5.73 Å². The van der Waals surface area contributed by atoms with Crippen LogP contribution in [-0.2, 0) is 21.3 Å². The van der Waals surface area contributed by atoms with Crippen molar-refractivity contribution in [1.29, 1.82) is 0 Å². The van der Waals surface area contributed by atoms with Gasteiger partial charge in [-0.25, -0.2) is 0 Å². The minimum absolute atomic E-state index is 0.0757. The number of aryl methyl sites for hydroxylation is 1. The minimum Gasteiger partial charge on any atom is -0.380 e. The normalized spacial score (nSPS) is 24.1. The summed E-state index contributed by atoms with van der Waals surface area (Å²) >= 11 is 0. The monoisotopic (exact) mass is 247 g/mol. The van der Waals surface area contributed by atoms with Crippen LogP contribution in [0.25, 0.3) is 0 Å². The Balaban J connectivity index is 1.95. The summed E-state index contributed by atoms with van der Waals surface area (Å²) in [6, 6.07) is 8.94. The molecule has 2 saturated heterocycles. The summed E-state index contributed by atoms with van der Waals surface area (Å²) in [5, 5.41) is 0. The van der Waals surface area contributed by atoms with Gasteiger partial charge in [-0.15, -0.1) is 0 Å². The zero-order chi connectivity index (χ0) is 12.6. The van der Waals surface area contributed by atoms with Gasteiger partial charge in [0.1, 0.15) is 0 Å². The molecule has 0 radical (unpaired) electrons. The van der Waals surface area contributed by atoms with Gasteiger partial charge in [0.15, 0.2) is 0 Å². The van der Waals surface area contributed by atoms with E-state index in [4.69, 9.17) is 15.2 Å².